The molecule has 1 saturated heterocycles. The molecular formula is C20H24O5. The predicted molar refractivity (Wildman–Crippen MR) is 94.4 cm³/mol. The van der Waals surface area contributed by atoms with Gasteiger partial charge in [-0.15, -0.1) is 0 Å². The van der Waals surface area contributed by atoms with Crippen LogP contribution in [0.15, 0.2) is 36.4 Å². The van der Waals surface area contributed by atoms with E-state index in [1.54, 1.807) is 26.4 Å². The molecule has 1 aliphatic rings. The van der Waals surface area contributed by atoms with E-state index >= 15 is 0 Å². The quantitative estimate of drug-likeness (QED) is 0.866. The molecule has 25 heavy (non-hydrogen) atoms. The fourth-order valence-electron chi connectivity index (χ4n) is 3.45. The van der Waals surface area contributed by atoms with Crippen molar-refractivity contribution in [1.29, 1.82) is 0 Å². The summed E-state index contributed by atoms with van der Waals surface area (Å²) in [6.45, 7) is 2.84. The molecule has 1 aliphatic heterocycles. The van der Waals surface area contributed by atoms with E-state index < -0.39 is 0 Å². The van der Waals surface area contributed by atoms with Crippen LogP contribution >= 0.6 is 0 Å². The first-order valence-corrected chi connectivity index (χ1v) is 8.38. The lowest BCUT2D eigenvalue weighted by Gasteiger charge is -2.20. The van der Waals surface area contributed by atoms with Crippen LogP contribution in [-0.4, -0.2) is 31.0 Å². The Labute approximate surface area is 147 Å². The van der Waals surface area contributed by atoms with Crippen molar-refractivity contribution < 1.29 is 24.4 Å². The maximum Gasteiger partial charge on any atom is 0.160 e. The summed E-state index contributed by atoms with van der Waals surface area (Å²) in [5, 5.41) is 19.5. The molecule has 0 aliphatic carbocycles. The van der Waals surface area contributed by atoms with Crippen molar-refractivity contribution in [1.82, 2.24) is 0 Å². The Balaban J connectivity index is 1.74. The van der Waals surface area contributed by atoms with Gasteiger partial charge in [0.15, 0.2) is 23.0 Å². The fourth-order valence-corrected chi connectivity index (χ4v) is 3.45. The lowest BCUT2D eigenvalue weighted by molar-refractivity contribution is 0.0932. The Bertz CT molecular complexity index is 743. The molecule has 2 aromatic carbocycles. The van der Waals surface area contributed by atoms with Crippen LogP contribution in [-0.2, 0) is 11.2 Å². The van der Waals surface area contributed by atoms with E-state index in [0.717, 1.165) is 17.5 Å². The van der Waals surface area contributed by atoms with E-state index in [0.29, 0.717) is 29.9 Å². The number of phenols is 2. The van der Waals surface area contributed by atoms with Gasteiger partial charge in [0, 0.05) is 0 Å². The monoisotopic (exact) mass is 344 g/mol. The van der Waals surface area contributed by atoms with E-state index in [-0.39, 0.29) is 17.6 Å². The summed E-state index contributed by atoms with van der Waals surface area (Å²) in [4.78, 5) is 0. The third-order valence-electron chi connectivity index (χ3n) is 4.99. The van der Waals surface area contributed by atoms with Crippen molar-refractivity contribution in [2.75, 3.05) is 20.8 Å². The number of ether oxygens (including phenoxy) is 3. The third kappa shape index (κ3) is 3.51. The molecule has 134 valence electrons. The fraction of sp³-hybridized carbons (Fsp3) is 0.400. The number of aromatic hydroxyl groups is 2. The summed E-state index contributed by atoms with van der Waals surface area (Å²) in [6.07, 6.45) is 0.822. The number of methoxy groups -OCH3 is 2. The van der Waals surface area contributed by atoms with Crippen LogP contribution in [0.4, 0.5) is 0 Å². The van der Waals surface area contributed by atoms with Gasteiger partial charge in [-0.25, -0.2) is 0 Å². The van der Waals surface area contributed by atoms with Crippen molar-refractivity contribution in [3.05, 3.63) is 47.5 Å². The lowest BCUT2D eigenvalue weighted by Crippen LogP contribution is -2.14. The smallest absolute Gasteiger partial charge is 0.160 e. The van der Waals surface area contributed by atoms with Crippen LogP contribution in [0.25, 0.3) is 0 Å². The molecule has 3 rings (SSSR count). The van der Waals surface area contributed by atoms with Gasteiger partial charge >= 0.3 is 0 Å². The van der Waals surface area contributed by atoms with Crippen molar-refractivity contribution in [3.63, 3.8) is 0 Å². The Hall–Kier alpha value is -2.40. The van der Waals surface area contributed by atoms with Gasteiger partial charge in [0.1, 0.15) is 0 Å². The summed E-state index contributed by atoms with van der Waals surface area (Å²) in [5.41, 5.74) is 2.12. The van der Waals surface area contributed by atoms with Gasteiger partial charge in [0.05, 0.1) is 26.9 Å². The molecule has 0 radical (unpaired) electrons. The second-order valence-corrected chi connectivity index (χ2v) is 6.51. The highest BCUT2D eigenvalue weighted by Crippen LogP contribution is 2.42. The van der Waals surface area contributed by atoms with E-state index in [4.69, 9.17) is 14.2 Å². The molecule has 1 fully saturated rings. The summed E-state index contributed by atoms with van der Waals surface area (Å²) >= 11 is 0. The molecule has 0 aromatic heterocycles. The average Bonchev–Trinajstić information content (AvgIpc) is 2.97. The van der Waals surface area contributed by atoms with E-state index in [9.17, 15) is 10.2 Å². The molecule has 0 amide bonds. The predicted octanol–water partition coefficient (Wildman–Crippen LogP) is 3.68. The van der Waals surface area contributed by atoms with Crippen molar-refractivity contribution in [2.45, 2.75) is 19.4 Å². The zero-order valence-electron chi connectivity index (χ0n) is 14.7. The van der Waals surface area contributed by atoms with E-state index in [1.165, 1.54) is 0 Å². The topological polar surface area (TPSA) is 68.2 Å². The van der Waals surface area contributed by atoms with Gasteiger partial charge in [0.2, 0.25) is 0 Å². The minimum atomic E-state index is -0.0292. The third-order valence-corrected chi connectivity index (χ3v) is 4.99. The highest BCUT2D eigenvalue weighted by atomic mass is 16.5. The van der Waals surface area contributed by atoms with Crippen LogP contribution in [0.2, 0.25) is 0 Å². The molecule has 3 atom stereocenters. The first kappa shape index (κ1) is 17.4. The number of hydrogen-bond acceptors (Lipinski definition) is 5. The average molecular weight is 344 g/mol. The normalized spacial score (nSPS) is 22.8. The Morgan fingerprint density at radius 3 is 2.32 bits per heavy atom. The Morgan fingerprint density at radius 1 is 1.00 bits per heavy atom. The first-order chi connectivity index (χ1) is 12.0. The number of phenolic OH excluding ortho intramolecular Hbond substituents is 2. The van der Waals surface area contributed by atoms with E-state index in [2.05, 4.69) is 6.92 Å². The number of rotatable bonds is 5. The SMILES string of the molecule is COc1cc(C[C@H]2CO[C@H](c3ccc(O)c(OC)c3)[C@@H]2C)ccc1O. The summed E-state index contributed by atoms with van der Waals surface area (Å²) in [6, 6.07) is 10.8. The maximum atomic E-state index is 9.76. The number of hydrogen-bond donors (Lipinski definition) is 2. The molecule has 2 aromatic rings. The van der Waals surface area contributed by atoms with Crippen LogP contribution in [0, 0.1) is 11.8 Å². The van der Waals surface area contributed by atoms with Gasteiger partial charge in [0.25, 0.3) is 0 Å². The number of benzene rings is 2. The zero-order valence-corrected chi connectivity index (χ0v) is 14.7. The minimum absolute atomic E-state index is 0.0292. The lowest BCUT2D eigenvalue weighted by atomic mass is 9.85. The molecular weight excluding hydrogens is 320 g/mol. The Kier molecular flexibility index (Phi) is 5.04. The van der Waals surface area contributed by atoms with Crippen molar-refractivity contribution in [3.8, 4) is 23.0 Å². The molecule has 0 bridgehead atoms. The van der Waals surface area contributed by atoms with Gasteiger partial charge in [-0.3, -0.25) is 0 Å². The molecule has 0 unspecified atom stereocenters. The largest absolute Gasteiger partial charge is 0.504 e. The molecule has 5 heteroatoms. The maximum absolute atomic E-state index is 9.76. The molecule has 2 N–H and O–H groups in total. The Morgan fingerprint density at radius 2 is 1.64 bits per heavy atom. The molecule has 0 spiro atoms. The minimum Gasteiger partial charge on any atom is -0.504 e. The van der Waals surface area contributed by atoms with Gasteiger partial charge in [-0.05, 0) is 53.6 Å². The van der Waals surface area contributed by atoms with E-state index in [1.807, 2.05) is 24.3 Å². The van der Waals surface area contributed by atoms with Crippen LogP contribution in [0.3, 0.4) is 0 Å². The van der Waals surface area contributed by atoms with Crippen molar-refractivity contribution >= 4 is 0 Å². The zero-order chi connectivity index (χ0) is 18.0. The first-order valence-electron chi connectivity index (χ1n) is 8.38. The second kappa shape index (κ2) is 7.23. The molecule has 0 saturated carbocycles. The van der Waals surface area contributed by atoms with Gasteiger partial charge in [-0.1, -0.05) is 19.1 Å². The van der Waals surface area contributed by atoms with Crippen LogP contribution < -0.4 is 9.47 Å². The molecule has 5 nitrogen and oxygen atoms in total. The standard InChI is InChI=1S/C20H24O5/c1-12-15(8-13-4-6-16(21)18(9-13)23-2)11-25-20(12)14-5-7-17(22)19(10-14)24-3/h4-7,9-10,12,15,20-22H,8,11H2,1-3H3/t12-,15+,20+/m1/s1. The summed E-state index contributed by atoms with van der Waals surface area (Å²) in [5.74, 6) is 1.90. The van der Waals surface area contributed by atoms with Crippen LogP contribution in [0.1, 0.15) is 24.2 Å². The highest BCUT2D eigenvalue weighted by Gasteiger charge is 2.35. The van der Waals surface area contributed by atoms with Crippen LogP contribution in [0.5, 0.6) is 23.0 Å². The summed E-state index contributed by atoms with van der Waals surface area (Å²) in [7, 11) is 3.09. The van der Waals surface area contributed by atoms with Gasteiger partial charge in [-0.2, -0.15) is 0 Å². The highest BCUT2D eigenvalue weighted by molar-refractivity contribution is 5.43. The molecule has 1 heterocycles. The second-order valence-electron chi connectivity index (χ2n) is 6.51. The summed E-state index contributed by atoms with van der Waals surface area (Å²) < 4.78 is 16.4. The van der Waals surface area contributed by atoms with Crippen molar-refractivity contribution in [2.24, 2.45) is 11.8 Å². The van der Waals surface area contributed by atoms with Gasteiger partial charge < -0.3 is 24.4 Å².